The maximum absolute atomic E-state index is 13.8. The van der Waals surface area contributed by atoms with Crippen molar-refractivity contribution < 1.29 is 52.3 Å². The summed E-state index contributed by atoms with van der Waals surface area (Å²) in [6.07, 6.45) is -0.976. The minimum absolute atomic E-state index is 0.0202. The van der Waals surface area contributed by atoms with E-state index in [1.165, 1.54) is 18.7 Å². The second-order valence-corrected chi connectivity index (χ2v) is 16.7. The summed E-state index contributed by atoms with van der Waals surface area (Å²) in [5.74, 6) is 0.609. The van der Waals surface area contributed by atoms with Crippen molar-refractivity contribution in [1.29, 1.82) is 5.26 Å². The fourth-order valence-corrected chi connectivity index (χ4v) is 10.9. The maximum Gasteiger partial charge on any atom is 0.408 e. The Morgan fingerprint density at radius 3 is 2.54 bits per heavy atom. The number of methoxy groups -OCH3 is 2. The van der Waals surface area contributed by atoms with Crippen molar-refractivity contribution in [3.05, 3.63) is 45.4 Å². The molecule has 0 spiro atoms. The Bertz CT molecular complexity index is 1840. The third-order valence-electron chi connectivity index (χ3n) is 11.1. The highest BCUT2D eigenvalue weighted by Crippen LogP contribution is 2.59. The highest BCUT2D eigenvalue weighted by molar-refractivity contribution is 8.00. The first-order chi connectivity index (χ1) is 25.7. The number of rotatable bonds is 6. The predicted octanol–water partition coefficient (Wildman–Crippen LogP) is 3.49. The molecular weight excluding hydrogens is 721 g/mol. The zero-order valence-corrected chi connectivity index (χ0v) is 32.9. The van der Waals surface area contributed by atoms with E-state index in [0.29, 0.717) is 35.0 Å². The van der Waals surface area contributed by atoms with Crippen LogP contribution in [0.5, 0.6) is 11.5 Å². The van der Waals surface area contributed by atoms with Gasteiger partial charge in [0.2, 0.25) is 6.79 Å². The SMILES string of the molecule is COCOc1c(OC)c(C)cc2c1[C@H]1C3[C@@H]4SCC(NC(=O)OC(C)(C)C)C(=O)OC[C@H](C5=C6OCOC6=C(C)C(OC(C)=O)C54)N3C(C#N)[C@H](C2)N1C. The summed E-state index contributed by atoms with van der Waals surface area (Å²) in [5.41, 5.74) is 3.48. The molecule has 7 rings (SSSR count). The second kappa shape index (κ2) is 14.5. The van der Waals surface area contributed by atoms with Gasteiger partial charge in [-0.1, -0.05) is 6.07 Å². The number of carbonyl (C=O) groups excluding carboxylic acids is 3. The number of aryl methyl sites for hydroxylation is 1. The van der Waals surface area contributed by atoms with Crippen LogP contribution < -0.4 is 14.8 Å². The van der Waals surface area contributed by atoms with Crippen LogP contribution in [0.15, 0.2) is 28.7 Å². The molecule has 1 aromatic carbocycles. The number of fused-ring (bicyclic) bond motifs is 8. The summed E-state index contributed by atoms with van der Waals surface area (Å²) < 4.78 is 47.8. The van der Waals surface area contributed by atoms with E-state index in [2.05, 4.69) is 27.3 Å². The molecule has 5 aliphatic heterocycles. The number of benzene rings is 1. The van der Waals surface area contributed by atoms with Crippen molar-refractivity contribution in [3.63, 3.8) is 0 Å². The van der Waals surface area contributed by atoms with Crippen LogP contribution in [0.25, 0.3) is 0 Å². The van der Waals surface area contributed by atoms with Gasteiger partial charge in [-0.2, -0.15) is 17.0 Å². The highest BCUT2D eigenvalue weighted by atomic mass is 32.2. The topological polar surface area (TPSA) is 167 Å². The van der Waals surface area contributed by atoms with Gasteiger partial charge in [0.25, 0.3) is 0 Å². The molecule has 292 valence electrons. The van der Waals surface area contributed by atoms with Gasteiger partial charge in [0.15, 0.2) is 29.8 Å². The van der Waals surface area contributed by atoms with Crippen LogP contribution in [0.4, 0.5) is 4.79 Å². The molecule has 1 N–H and O–H groups in total. The van der Waals surface area contributed by atoms with E-state index in [0.717, 1.165) is 22.3 Å². The number of ether oxygens (including phenoxy) is 8. The quantitative estimate of drug-likeness (QED) is 0.254. The molecule has 4 bridgehead atoms. The number of piperazine rings is 1. The van der Waals surface area contributed by atoms with Crippen molar-refractivity contribution in [3.8, 4) is 17.6 Å². The van der Waals surface area contributed by atoms with Crippen molar-refractivity contribution in [2.75, 3.05) is 47.2 Å². The van der Waals surface area contributed by atoms with E-state index in [-0.39, 0.29) is 38.0 Å². The van der Waals surface area contributed by atoms with Crippen LogP contribution in [0.3, 0.4) is 0 Å². The molecule has 15 nitrogen and oxygen atoms in total. The molecule has 4 saturated heterocycles. The summed E-state index contributed by atoms with van der Waals surface area (Å²) >= 11 is 1.45. The first kappa shape index (κ1) is 38.1. The highest BCUT2D eigenvalue weighted by Gasteiger charge is 2.64. The van der Waals surface area contributed by atoms with Crippen LogP contribution >= 0.6 is 11.8 Å². The van der Waals surface area contributed by atoms with Gasteiger partial charge >= 0.3 is 18.0 Å². The van der Waals surface area contributed by atoms with Crippen LogP contribution in [-0.4, -0.2) is 122 Å². The number of nitriles is 1. The minimum Gasteiger partial charge on any atom is -0.493 e. The molecule has 4 fully saturated rings. The summed E-state index contributed by atoms with van der Waals surface area (Å²) in [5, 5.41) is 13.4. The average molecular weight is 769 g/mol. The molecule has 0 aromatic heterocycles. The van der Waals surface area contributed by atoms with Gasteiger partial charge in [-0.3, -0.25) is 14.6 Å². The third kappa shape index (κ3) is 6.32. The number of thioether (sulfide) groups is 1. The number of hydrogen-bond acceptors (Lipinski definition) is 15. The largest absolute Gasteiger partial charge is 0.493 e. The number of esters is 2. The van der Waals surface area contributed by atoms with Crippen molar-refractivity contribution >= 4 is 29.8 Å². The lowest BCUT2D eigenvalue weighted by Crippen LogP contribution is -2.75. The molecule has 5 unspecified atom stereocenters. The monoisotopic (exact) mass is 768 g/mol. The Kier molecular flexibility index (Phi) is 10.2. The maximum atomic E-state index is 13.8. The molecule has 5 heterocycles. The lowest BCUT2D eigenvalue weighted by molar-refractivity contribution is -0.154. The Morgan fingerprint density at radius 1 is 1.13 bits per heavy atom. The van der Waals surface area contributed by atoms with E-state index in [1.54, 1.807) is 35.0 Å². The number of piperidine rings is 1. The second-order valence-electron chi connectivity index (χ2n) is 15.5. The number of hydrogen-bond donors (Lipinski definition) is 1. The van der Waals surface area contributed by atoms with Crippen LogP contribution in [0, 0.1) is 24.2 Å². The zero-order valence-electron chi connectivity index (χ0n) is 32.0. The van der Waals surface area contributed by atoms with Crippen LogP contribution in [0.2, 0.25) is 0 Å². The summed E-state index contributed by atoms with van der Waals surface area (Å²) in [6, 6.07) is 1.24. The molecule has 9 atom stereocenters. The fourth-order valence-electron chi connectivity index (χ4n) is 9.24. The smallest absolute Gasteiger partial charge is 0.408 e. The molecule has 16 heteroatoms. The van der Waals surface area contributed by atoms with E-state index in [4.69, 9.17) is 37.9 Å². The van der Waals surface area contributed by atoms with Gasteiger partial charge in [0.1, 0.15) is 30.4 Å². The lowest BCUT2D eigenvalue weighted by Gasteiger charge is -2.64. The molecule has 6 aliphatic rings. The molecule has 0 radical (unpaired) electrons. The van der Waals surface area contributed by atoms with Crippen molar-refractivity contribution in [2.24, 2.45) is 5.92 Å². The standard InChI is InChI=1S/C38H48N4O11S/c1-17-10-20-11-22-23(12-39)42-24-13-48-36(44)21(40-37(45)53-38(4,5)6)14-54-35(27-26(24)34-32(50-16-51-34)18(2)31(27)52-19(3)43)29(42)28(41(22)7)25(20)33(30(17)47-9)49-15-46-8/h10,21-24,27-29,31,35H,11,13-16H2,1-9H3,(H,40,45)/t21?,22-,23?,24+,27?,28-,29?,31?,35+/m0/s1. The number of amides is 1. The number of alkyl carbamates (subject to hydrolysis) is 1. The third-order valence-corrected chi connectivity index (χ3v) is 12.6. The Balaban J connectivity index is 1.46. The molecule has 1 aromatic rings. The lowest BCUT2D eigenvalue weighted by atomic mass is 9.66. The number of likely N-dealkylation sites (N-methyl/N-ethyl adjacent to an activating group) is 1. The molecule has 54 heavy (non-hydrogen) atoms. The molecule has 1 amide bonds. The van der Waals surface area contributed by atoms with Crippen LogP contribution in [-0.2, 0) is 44.4 Å². The summed E-state index contributed by atoms with van der Waals surface area (Å²) in [7, 11) is 5.19. The van der Waals surface area contributed by atoms with Gasteiger partial charge in [-0.25, -0.2) is 9.59 Å². The van der Waals surface area contributed by atoms with Crippen molar-refractivity contribution in [1.82, 2.24) is 15.1 Å². The summed E-state index contributed by atoms with van der Waals surface area (Å²) in [4.78, 5) is 44.2. The fraction of sp³-hybridized carbons (Fsp3) is 0.632. The normalized spacial score (nSPS) is 31.7. The van der Waals surface area contributed by atoms with Gasteiger partial charge in [-0.05, 0) is 59.2 Å². The van der Waals surface area contributed by atoms with Gasteiger partial charge in [-0.15, -0.1) is 0 Å². The Labute approximate surface area is 319 Å². The van der Waals surface area contributed by atoms with E-state index in [9.17, 15) is 19.6 Å². The minimum atomic E-state index is -1.06. The summed E-state index contributed by atoms with van der Waals surface area (Å²) in [6.45, 7) is 10.2. The predicted molar refractivity (Wildman–Crippen MR) is 193 cm³/mol. The van der Waals surface area contributed by atoms with Gasteiger partial charge < -0.3 is 43.2 Å². The first-order valence-electron chi connectivity index (χ1n) is 18.1. The van der Waals surface area contributed by atoms with Gasteiger partial charge in [0.05, 0.1) is 25.3 Å². The molecular formula is C38H48N4O11S. The van der Waals surface area contributed by atoms with E-state index >= 15 is 0 Å². The van der Waals surface area contributed by atoms with Gasteiger partial charge in [0, 0.05) is 59.7 Å². The number of carbonyl (C=O) groups is 3. The van der Waals surface area contributed by atoms with E-state index < -0.39 is 65.1 Å². The zero-order chi connectivity index (χ0) is 38.8. The molecule has 1 aliphatic carbocycles. The number of nitrogens with zero attached hydrogens (tertiary/aromatic N) is 3. The molecule has 0 saturated carbocycles. The Morgan fingerprint density at radius 2 is 1.87 bits per heavy atom. The Hall–Kier alpha value is -4.17. The average Bonchev–Trinajstić information content (AvgIpc) is 3.59. The van der Waals surface area contributed by atoms with E-state index in [1.807, 2.05) is 20.9 Å². The van der Waals surface area contributed by atoms with Crippen LogP contribution in [0.1, 0.15) is 57.4 Å². The first-order valence-corrected chi connectivity index (χ1v) is 19.1. The van der Waals surface area contributed by atoms with Crippen molar-refractivity contribution in [2.45, 2.75) is 101 Å². The number of nitrogens with one attached hydrogen (secondary N) is 1. The number of cyclic esters (lactones) is 1.